The molecule has 1 N–H and O–H groups in total. The van der Waals surface area contributed by atoms with Crippen LogP contribution in [-0.4, -0.2) is 32.0 Å². The van der Waals surface area contributed by atoms with Crippen LogP contribution in [0.5, 0.6) is 0 Å². The van der Waals surface area contributed by atoms with E-state index >= 15 is 0 Å². The molecule has 0 aliphatic rings. The third kappa shape index (κ3) is 5.24. The number of carbonyl (C=O) groups is 1. The van der Waals surface area contributed by atoms with E-state index in [0.29, 0.717) is 5.56 Å². The molecule has 0 aromatic heterocycles. The van der Waals surface area contributed by atoms with Crippen LogP contribution in [0, 0.1) is 0 Å². The maximum atomic E-state index is 11.5. The van der Waals surface area contributed by atoms with E-state index in [-0.39, 0.29) is 24.5 Å². The van der Waals surface area contributed by atoms with E-state index < -0.39 is 0 Å². The van der Waals surface area contributed by atoms with Crippen LogP contribution in [0.2, 0.25) is 0 Å². The maximum Gasteiger partial charge on any atom is 0.253 e. The van der Waals surface area contributed by atoms with Gasteiger partial charge >= 0.3 is 0 Å². The quantitative estimate of drug-likeness (QED) is 0.884. The van der Waals surface area contributed by atoms with Crippen molar-refractivity contribution in [3.05, 3.63) is 29.8 Å². The molecule has 0 aliphatic heterocycles. The number of nitrogens with one attached hydrogen (secondary N) is 1. The Hall–Kier alpha value is -0.926. The van der Waals surface area contributed by atoms with Crippen molar-refractivity contribution in [3.63, 3.8) is 0 Å². The molecule has 1 aromatic carbocycles. The van der Waals surface area contributed by atoms with Gasteiger partial charge in [-0.2, -0.15) is 0 Å². The van der Waals surface area contributed by atoms with Crippen LogP contribution in [0.4, 0.5) is 5.69 Å². The van der Waals surface area contributed by atoms with Gasteiger partial charge in [-0.3, -0.25) is 4.79 Å². The number of nitrogens with zero attached hydrogens (tertiary/aromatic N) is 1. The molecule has 3 nitrogen and oxygen atoms in total. The minimum atomic E-state index is 0. The maximum absolute atomic E-state index is 11.5. The molecule has 0 saturated heterocycles. The number of benzene rings is 1. The van der Waals surface area contributed by atoms with Gasteiger partial charge in [-0.15, -0.1) is 0 Å². The Bertz CT molecular complexity index is 314. The molecule has 1 aromatic rings. The zero-order valence-electron chi connectivity index (χ0n) is 10.6. The van der Waals surface area contributed by atoms with Gasteiger partial charge in [0.05, 0.1) is 0 Å². The third-order valence-corrected chi connectivity index (χ3v) is 1.80. The Labute approximate surface area is 110 Å². The number of carbonyl (C=O) groups excluding carboxylic acids is 1. The van der Waals surface area contributed by atoms with E-state index in [9.17, 15) is 4.79 Å². The summed E-state index contributed by atoms with van der Waals surface area (Å²) in [5.41, 5.74) is 1.66. The van der Waals surface area contributed by atoms with E-state index in [0.717, 1.165) is 5.69 Å². The van der Waals surface area contributed by atoms with Gasteiger partial charge in [0, 0.05) is 50.9 Å². The van der Waals surface area contributed by atoms with Crippen molar-refractivity contribution in [2.75, 3.05) is 26.5 Å². The van der Waals surface area contributed by atoms with Crippen LogP contribution in [-0.2, 0) is 18.6 Å². The molecule has 0 aliphatic carbocycles. The van der Waals surface area contributed by atoms with Crippen LogP contribution < -0.4 is 5.32 Å². The van der Waals surface area contributed by atoms with Gasteiger partial charge in [-0.05, 0) is 18.2 Å². The fraction of sp³-hybridized carbons (Fsp3) is 0.417. The van der Waals surface area contributed by atoms with Crippen LogP contribution in [0.1, 0.15) is 24.2 Å². The van der Waals surface area contributed by atoms with Crippen molar-refractivity contribution in [3.8, 4) is 0 Å². The molecule has 1 radical (unpaired) electrons. The van der Waals surface area contributed by atoms with Gasteiger partial charge in [0.25, 0.3) is 5.91 Å². The molecule has 1 amide bonds. The second-order valence-electron chi connectivity index (χ2n) is 3.03. The molecular formula is C12H20N2OV. The molecule has 0 unspecified atom stereocenters. The van der Waals surface area contributed by atoms with E-state index in [4.69, 9.17) is 0 Å². The summed E-state index contributed by atoms with van der Waals surface area (Å²) in [6.45, 7) is 4.00. The predicted molar refractivity (Wildman–Crippen MR) is 65.4 cm³/mol. The van der Waals surface area contributed by atoms with Crippen LogP contribution in [0.25, 0.3) is 0 Å². The Kier molecular flexibility index (Phi) is 10.2. The predicted octanol–water partition coefficient (Wildman–Crippen LogP) is 2.45. The molecule has 0 bridgehead atoms. The van der Waals surface area contributed by atoms with Gasteiger partial charge < -0.3 is 10.2 Å². The average molecular weight is 259 g/mol. The Morgan fingerprint density at radius 3 is 2.25 bits per heavy atom. The number of amides is 1. The van der Waals surface area contributed by atoms with Gasteiger partial charge in [-0.25, -0.2) is 0 Å². The standard InChI is InChI=1S/C10H14N2O.C2H6.V/c1-11-9-6-4-5-8(7-9)10(13)12(2)3;1-2;/h4-7,11H,1-3H3;1-2H3;. The smallest absolute Gasteiger partial charge is 0.253 e. The fourth-order valence-corrected chi connectivity index (χ4v) is 1.07. The first-order chi connectivity index (χ1) is 7.15. The zero-order valence-corrected chi connectivity index (χ0v) is 12.0. The first-order valence-corrected chi connectivity index (χ1v) is 5.14. The van der Waals surface area contributed by atoms with Crippen LogP contribution in [0.3, 0.4) is 0 Å². The van der Waals surface area contributed by atoms with Gasteiger partial charge in [0.15, 0.2) is 0 Å². The second-order valence-corrected chi connectivity index (χ2v) is 3.03. The zero-order chi connectivity index (χ0) is 11.8. The number of anilines is 1. The van der Waals surface area contributed by atoms with Crippen molar-refractivity contribution in [2.45, 2.75) is 13.8 Å². The van der Waals surface area contributed by atoms with Crippen molar-refractivity contribution in [2.24, 2.45) is 0 Å². The summed E-state index contributed by atoms with van der Waals surface area (Å²) in [5.74, 6) is 0.0251. The summed E-state index contributed by atoms with van der Waals surface area (Å²) in [6.07, 6.45) is 0. The molecular weight excluding hydrogens is 239 g/mol. The largest absolute Gasteiger partial charge is 0.388 e. The number of hydrogen-bond donors (Lipinski definition) is 1. The first-order valence-electron chi connectivity index (χ1n) is 5.14. The first kappa shape index (κ1) is 17.5. The summed E-state index contributed by atoms with van der Waals surface area (Å²) in [5, 5.41) is 2.99. The summed E-state index contributed by atoms with van der Waals surface area (Å²) >= 11 is 0. The molecule has 0 saturated carbocycles. The average Bonchev–Trinajstić information content (AvgIpc) is 2.30. The Morgan fingerprint density at radius 2 is 1.81 bits per heavy atom. The molecule has 0 fully saturated rings. The second kappa shape index (κ2) is 9.31. The van der Waals surface area contributed by atoms with Crippen molar-refractivity contribution in [1.29, 1.82) is 0 Å². The van der Waals surface area contributed by atoms with E-state index in [1.54, 1.807) is 19.0 Å². The van der Waals surface area contributed by atoms with Crippen LogP contribution >= 0.6 is 0 Å². The van der Waals surface area contributed by atoms with Gasteiger partial charge in [0.1, 0.15) is 0 Å². The summed E-state index contributed by atoms with van der Waals surface area (Å²) < 4.78 is 0. The molecule has 1 rings (SSSR count). The third-order valence-electron chi connectivity index (χ3n) is 1.80. The SMILES string of the molecule is CC.CNc1cccc(C(=O)N(C)C)c1.[V]. The number of hydrogen-bond acceptors (Lipinski definition) is 2. The summed E-state index contributed by atoms with van der Waals surface area (Å²) in [6, 6.07) is 7.43. The molecule has 0 atom stereocenters. The molecule has 0 heterocycles. The fourth-order valence-electron chi connectivity index (χ4n) is 1.07. The Balaban J connectivity index is 0. The molecule has 4 heteroatoms. The van der Waals surface area contributed by atoms with E-state index in [1.807, 2.05) is 45.2 Å². The number of rotatable bonds is 2. The minimum Gasteiger partial charge on any atom is -0.388 e. The van der Waals surface area contributed by atoms with Crippen molar-refractivity contribution in [1.82, 2.24) is 4.90 Å². The van der Waals surface area contributed by atoms with Crippen molar-refractivity contribution >= 4 is 11.6 Å². The van der Waals surface area contributed by atoms with E-state index in [2.05, 4.69) is 5.32 Å². The van der Waals surface area contributed by atoms with Gasteiger partial charge in [0.2, 0.25) is 0 Å². The van der Waals surface area contributed by atoms with Crippen molar-refractivity contribution < 1.29 is 23.4 Å². The molecule has 0 spiro atoms. The monoisotopic (exact) mass is 259 g/mol. The normalized spacial score (nSPS) is 8.06. The van der Waals surface area contributed by atoms with E-state index in [1.165, 1.54) is 0 Å². The molecule has 89 valence electrons. The summed E-state index contributed by atoms with van der Waals surface area (Å²) in [4.78, 5) is 13.1. The van der Waals surface area contributed by atoms with Gasteiger partial charge in [-0.1, -0.05) is 19.9 Å². The summed E-state index contributed by atoms with van der Waals surface area (Å²) in [7, 11) is 5.32. The van der Waals surface area contributed by atoms with Crippen LogP contribution in [0.15, 0.2) is 24.3 Å². The Morgan fingerprint density at radius 1 is 1.25 bits per heavy atom. The molecule has 16 heavy (non-hydrogen) atoms. The minimum absolute atomic E-state index is 0. The topological polar surface area (TPSA) is 32.3 Å².